The third-order valence-electron chi connectivity index (χ3n) is 4.58. The maximum absolute atomic E-state index is 13.0. The van der Waals surface area contributed by atoms with Gasteiger partial charge in [-0.25, -0.2) is 4.39 Å². The molecule has 1 aliphatic rings. The number of nitrogens with zero attached hydrogens (tertiary/aromatic N) is 3. The number of amides is 1. The summed E-state index contributed by atoms with van der Waals surface area (Å²) >= 11 is 0. The van der Waals surface area contributed by atoms with E-state index in [2.05, 4.69) is 17.1 Å². The number of nitriles is 1. The molecule has 0 saturated carbocycles. The number of ether oxygens (including phenoxy) is 1. The topological polar surface area (TPSA) is 68.6 Å². The first-order valence-corrected chi connectivity index (χ1v) is 9.86. The van der Waals surface area contributed by atoms with Crippen LogP contribution in [0.25, 0.3) is 0 Å². The Hall–Kier alpha value is -2.59. The van der Waals surface area contributed by atoms with E-state index in [0.717, 1.165) is 44.6 Å². The molecular formula is C21H29FN4O2. The van der Waals surface area contributed by atoms with Gasteiger partial charge in [0.05, 0.1) is 0 Å². The van der Waals surface area contributed by atoms with E-state index in [4.69, 9.17) is 4.74 Å². The summed E-state index contributed by atoms with van der Waals surface area (Å²) in [5.74, 6) is -0.598. The molecular weight excluding hydrogens is 359 g/mol. The van der Waals surface area contributed by atoms with Crippen LogP contribution in [0.5, 0.6) is 0 Å². The first-order chi connectivity index (χ1) is 13.6. The predicted molar refractivity (Wildman–Crippen MR) is 107 cm³/mol. The van der Waals surface area contributed by atoms with Crippen LogP contribution >= 0.6 is 0 Å². The van der Waals surface area contributed by atoms with E-state index in [-0.39, 0.29) is 17.3 Å². The number of piperazine rings is 1. The lowest BCUT2D eigenvalue weighted by atomic mass is 10.2. The Bertz CT molecular complexity index is 677. The molecule has 152 valence electrons. The molecule has 0 radical (unpaired) electrons. The molecule has 7 heteroatoms. The quantitative estimate of drug-likeness (QED) is 0.379. The second kappa shape index (κ2) is 12.0. The van der Waals surface area contributed by atoms with Crippen molar-refractivity contribution in [2.75, 3.05) is 50.8 Å². The lowest BCUT2D eigenvalue weighted by Crippen LogP contribution is -2.44. The van der Waals surface area contributed by atoms with Gasteiger partial charge in [-0.05, 0) is 37.1 Å². The van der Waals surface area contributed by atoms with Crippen LogP contribution < -0.4 is 10.2 Å². The molecule has 0 unspecified atom stereocenters. The Labute approximate surface area is 166 Å². The van der Waals surface area contributed by atoms with Gasteiger partial charge in [0.2, 0.25) is 0 Å². The van der Waals surface area contributed by atoms with Crippen molar-refractivity contribution in [2.45, 2.75) is 26.2 Å². The van der Waals surface area contributed by atoms with E-state index in [0.29, 0.717) is 26.2 Å². The van der Waals surface area contributed by atoms with Crippen molar-refractivity contribution >= 4 is 11.6 Å². The number of benzene rings is 1. The molecule has 1 N–H and O–H groups in total. The maximum Gasteiger partial charge on any atom is 0.263 e. The lowest BCUT2D eigenvalue weighted by Gasteiger charge is -2.35. The molecule has 0 spiro atoms. The molecule has 0 aliphatic carbocycles. The zero-order valence-corrected chi connectivity index (χ0v) is 16.5. The van der Waals surface area contributed by atoms with Crippen molar-refractivity contribution in [1.82, 2.24) is 10.2 Å². The van der Waals surface area contributed by atoms with Crippen LogP contribution in [0.4, 0.5) is 10.1 Å². The average Bonchev–Trinajstić information content (AvgIpc) is 2.72. The van der Waals surface area contributed by atoms with Crippen LogP contribution in [0.2, 0.25) is 0 Å². The van der Waals surface area contributed by atoms with Crippen molar-refractivity contribution in [3.8, 4) is 6.07 Å². The van der Waals surface area contributed by atoms with Crippen molar-refractivity contribution in [1.29, 1.82) is 5.26 Å². The van der Waals surface area contributed by atoms with Gasteiger partial charge in [0, 0.05) is 57.8 Å². The standard InChI is InChI=1S/C21H29FN4O2/c1-2-3-14-28-15-4-9-24-21(27)18(16-23)17-25-10-12-26(13-11-25)20-7-5-19(22)6-8-20/h5-8,17H,2-4,9-15H2,1H3,(H,24,27)/b18-17-. The number of halogens is 1. The van der Waals surface area contributed by atoms with Crippen LogP contribution in [-0.4, -0.2) is 56.7 Å². The number of rotatable bonds is 10. The van der Waals surface area contributed by atoms with E-state index in [1.807, 2.05) is 11.0 Å². The molecule has 6 nitrogen and oxygen atoms in total. The molecule has 0 atom stereocenters. The summed E-state index contributed by atoms with van der Waals surface area (Å²) in [5.41, 5.74) is 1.09. The minimum absolute atomic E-state index is 0.113. The second-order valence-electron chi connectivity index (χ2n) is 6.73. The average molecular weight is 388 g/mol. The highest BCUT2D eigenvalue weighted by Gasteiger charge is 2.17. The Kier molecular flexibility index (Phi) is 9.29. The molecule has 1 aromatic rings. The van der Waals surface area contributed by atoms with E-state index in [1.54, 1.807) is 18.3 Å². The van der Waals surface area contributed by atoms with E-state index < -0.39 is 0 Å². The van der Waals surface area contributed by atoms with Crippen LogP contribution in [0.1, 0.15) is 26.2 Å². The summed E-state index contributed by atoms with van der Waals surface area (Å²) in [6.45, 7) is 6.84. The van der Waals surface area contributed by atoms with Gasteiger partial charge in [0.15, 0.2) is 0 Å². The minimum atomic E-state index is -0.350. The highest BCUT2D eigenvalue weighted by molar-refractivity contribution is 5.97. The van der Waals surface area contributed by atoms with Crippen LogP contribution in [-0.2, 0) is 9.53 Å². The fourth-order valence-corrected chi connectivity index (χ4v) is 2.90. The summed E-state index contributed by atoms with van der Waals surface area (Å²) < 4.78 is 18.5. The van der Waals surface area contributed by atoms with Gasteiger partial charge in [-0.15, -0.1) is 0 Å². The van der Waals surface area contributed by atoms with E-state index >= 15 is 0 Å². The molecule has 0 bridgehead atoms. The number of carbonyl (C=O) groups excluding carboxylic acids is 1. The number of hydrogen-bond acceptors (Lipinski definition) is 5. The van der Waals surface area contributed by atoms with Gasteiger partial charge in [-0.3, -0.25) is 4.79 Å². The van der Waals surface area contributed by atoms with Crippen molar-refractivity contribution < 1.29 is 13.9 Å². The summed E-state index contributed by atoms with van der Waals surface area (Å²) in [6.07, 6.45) is 4.51. The Morgan fingerprint density at radius 1 is 1.21 bits per heavy atom. The fourth-order valence-electron chi connectivity index (χ4n) is 2.90. The molecule has 1 fully saturated rings. The third-order valence-corrected chi connectivity index (χ3v) is 4.58. The second-order valence-corrected chi connectivity index (χ2v) is 6.73. The molecule has 1 aromatic carbocycles. The molecule has 1 saturated heterocycles. The van der Waals surface area contributed by atoms with Gasteiger partial charge >= 0.3 is 0 Å². The van der Waals surface area contributed by atoms with Gasteiger partial charge < -0.3 is 19.9 Å². The van der Waals surface area contributed by atoms with Gasteiger partial charge in [-0.1, -0.05) is 13.3 Å². The van der Waals surface area contributed by atoms with Gasteiger partial charge in [0.1, 0.15) is 17.5 Å². The monoisotopic (exact) mass is 388 g/mol. The van der Waals surface area contributed by atoms with Crippen LogP contribution in [0, 0.1) is 17.1 Å². The zero-order chi connectivity index (χ0) is 20.2. The van der Waals surface area contributed by atoms with Crippen molar-refractivity contribution in [3.63, 3.8) is 0 Å². The van der Waals surface area contributed by atoms with E-state index in [9.17, 15) is 14.4 Å². The molecule has 1 amide bonds. The first-order valence-electron chi connectivity index (χ1n) is 9.86. The van der Waals surface area contributed by atoms with Gasteiger partial charge in [-0.2, -0.15) is 5.26 Å². The summed E-state index contributed by atoms with van der Waals surface area (Å²) in [7, 11) is 0. The molecule has 0 aromatic heterocycles. The summed E-state index contributed by atoms with van der Waals surface area (Å²) in [4.78, 5) is 16.3. The van der Waals surface area contributed by atoms with Crippen LogP contribution in [0.3, 0.4) is 0 Å². The smallest absolute Gasteiger partial charge is 0.263 e. The molecule has 1 heterocycles. The normalized spacial score (nSPS) is 14.7. The minimum Gasteiger partial charge on any atom is -0.381 e. The summed E-state index contributed by atoms with van der Waals surface area (Å²) in [6, 6.07) is 8.42. The molecule has 2 rings (SSSR count). The zero-order valence-electron chi connectivity index (χ0n) is 16.5. The number of hydrogen-bond donors (Lipinski definition) is 1. The van der Waals surface area contributed by atoms with Crippen molar-refractivity contribution in [2.24, 2.45) is 0 Å². The largest absolute Gasteiger partial charge is 0.381 e. The number of carbonyl (C=O) groups is 1. The molecule has 1 aliphatic heterocycles. The Morgan fingerprint density at radius 2 is 1.89 bits per heavy atom. The lowest BCUT2D eigenvalue weighted by molar-refractivity contribution is -0.117. The van der Waals surface area contributed by atoms with Crippen LogP contribution in [0.15, 0.2) is 36.0 Å². The maximum atomic E-state index is 13.0. The third kappa shape index (κ3) is 7.20. The predicted octanol–water partition coefficient (Wildman–Crippen LogP) is 2.68. The fraction of sp³-hybridized carbons (Fsp3) is 0.524. The van der Waals surface area contributed by atoms with E-state index in [1.165, 1.54) is 12.1 Å². The highest BCUT2D eigenvalue weighted by atomic mass is 19.1. The number of anilines is 1. The number of nitrogens with one attached hydrogen (secondary N) is 1. The SMILES string of the molecule is CCCCOCCCNC(=O)/C(C#N)=C\N1CCN(c2ccc(F)cc2)CC1. The first kappa shape index (κ1) is 21.7. The number of unbranched alkanes of at least 4 members (excludes halogenated alkanes) is 1. The highest BCUT2D eigenvalue weighted by Crippen LogP contribution is 2.17. The summed E-state index contributed by atoms with van der Waals surface area (Å²) in [5, 5.41) is 12.1. The van der Waals surface area contributed by atoms with Gasteiger partial charge in [0.25, 0.3) is 5.91 Å². The van der Waals surface area contributed by atoms with Crippen molar-refractivity contribution in [3.05, 3.63) is 41.9 Å². The molecule has 28 heavy (non-hydrogen) atoms. The Morgan fingerprint density at radius 3 is 2.54 bits per heavy atom. The Balaban J connectivity index is 1.74.